The zero-order valence-corrected chi connectivity index (χ0v) is 10.9. The van der Waals surface area contributed by atoms with Gasteiger partial charge in [-0.25, -0.2) is 0 Å². The Balaban J connectivity index is 0.00000225. The van der Waals surface area contributed by atoms with Crippen LogP contribution in [0.25, 0.3) is 0 Å². The van der Waals surface area contributed by atoms with Crippen LogP contribution in [0.4, 0.5) is 0 Å². The molecular formula is C13H22ClNO. The van der Waals surface area contributed by atoms with E-state index in [-0.39, 0.29) is 12.4 Å². The summed E-state index contributed by atoms with van der Waals surface area (Å²) in [6.45, 7) is 3.99. The van der Waals surface area contributed by atoms with Gasteiger partial charge in [0.2, 0.25) is 0 Å². The summed E-state index contributed by atoms with van der Waals surface area (Å²) in [5.74, 6) is 0. The molecular weight excluding hydrogens is 222 g/mol. The molecule has 0 fully saturated rings. The number of halogens is 1. The molecule has 92 valence electrons. The fourth-order valence-electron chi connectivity index (χ4n) is 1.57. The van der Waals surface area contributed by atoms with Gasteiger partial charge in [0.1, 0.15) is 0 Å². The number of nitrogens with one attached hydrogen (secondary N) is 1. The maximum absolute atomic E-state index is 5.09. The molecule has 1 aromatic rings. The van der Waals surface area contributed by atoms with Crippen LogP contribution in [-0.2, 0) is 11.3 Å². The van der Waals surface area contributed by atoms with E-state index in [1.54, 1.807) is 7.11 Å². The zero-order valence-electron chi connectivity index (χ0n) is 10.1. The molecule has 0 aliphatic carbocycles. The summed E-state index contributed by atoms with van der Waals surface area (Å²) < 4.78 is 5.09. The van der Waals surface area contributed by atoms with Crippen LogP contribution in [0, 0.1) is 0 Å². The molecule has 0 saturated carbocycles. The number of ether oxygens (including phenoxy) is 1. The number of methoxy groups -OCH3 is 1. The summed E-state index contributed by atoms with van der Waals surface area (Å²) in [5, 5.41) is 3.54. The maximum atomic E-state index is 5.09. The van der Waals surface area contributed by atoms with Crippen molar-refractivity contribution in [1.29, 1.82) is 0 Å². The number of rotatable bonds is 7. The van der Waals surface area contributed by atoms with Crippen molar-refractivity contribution in [1.82, 2.24) is 5.32 Å². The molecule has 0 radical (unpaired) electrons. The average molecular weight is 244 g/mol. The number of hydrogen-bond acceptors (Lipinski definition) is 2. The highest BCUT2D eigenvalue weighted by atomic mass is 35.5. The SMILES string of the molecule is CCC(CCOC)NCc1ccccc1.Cl. The van der Waals surface area contributed by atoms with Crippen LogP contribution in [0.1, 0.15) is 25.3 Å². The molecule has 1 N–H and O–H groups in total. The third kappa shape index (κ3) is 6.11. The summed E-state index contributed by atoms with van der Waals surface area (Å²) in [7, 11) is 1.75. The quantitative estimate of drug-likeness (QED) is 0.795. The van der Waals surface area contributed by atoms with Crippen LogP contribution in [0.2, 0.25) is 0 Å². The van der Waals surface area contributed by atoms with Gasteiger partial charge >= 0.3 is 0 Å². The van der Waals surface area contributed by atoms with Gasteiger partial charge in [0.15, 0.2) is 0 Å². The largest absolute Gasteiger partial charge is 0.385 e. The molecule has 0 aromatic heterocycles. The first-order valence-corrected chi connectivity index (χ1v) is 5.63. The first kappa shape index (κ1) is 15.4. The lowest BCUT2D eigenvalue weighted by Gasteiger charge is -2.16. The molecule has 1 aromatic carbocycles. The zero-order chi connectivity index (χ0) is 10.9. The summed E-state index contributed by atoms with van der Waals surface area (Å²) in [6, 6.07) is 11.1. The summed E-state index contributed by atoms with van der Waals surface area (Å²) >= 11 is 0. The Bertz CT molecular complexity index is 253. The number of benzene rings is 1. The van der Waals surface area contributed by atoms with Crippen molar-refractivity contribution in [2.45, 2.75) is 32.4 Å². The topological polar surface area (TPSA) is 21.3 Å². The van der Waals surface area contributed by atoms with Crippen LogP contribution < -0.4 is 5.32 Å². The van der Waals surface area contributed by atoms with E-state index in [2.05, 4.69) is 36.5 Å². The molecule has 0 heterocycles. The Morgan fingerprint density at radius 2 is 1.94 bits per heavy atom. The van der Waals surface area contributed by atoms with E-state index in [1.165, 1.54) is 5.56 Å². The maximum Gasteiger partial charge on any atom is 0.0477 e. The van der Waals surface area contributed by atoms with Gasteiger partial charge in [0.25, 0.3) is 0 Å². The van der Waals surface area contributed by atoms with E-state index in [9.17, 15) is 0 Å². The van der Waals surface area contributed by atoms with Gasteiger partial charge in [0.05, 0.1) is 0 Å². The van der Waals surface area contributed by atoms with E-state index in [0.717, 1.165) is 26.0 Å². The second-order valence-electron chi connectivity index (χ2n) is 3.75. The van der Waals surface area contributed by atoms with Crippen molar-refractivity contribution in [3.8, 4) is 0 Å². The van der Waals surface area contributed by atoms with Crippen molar-refractivity contribution in [3.05, 3.63) is 35.9 Å². The predicted octanol–water partition coefficient (Wildman–Crippen LogP) is 3.01. The highest BCUT2D eigenvalue weighted by Gasteiger charge is 2.04. The lowest BCUT2D eigenvalue weighted by Crippen LogP contribution is -2.29. The summed E-state index contributed by atoms with van der Waals surface area (Å²) in [4.78, 5) is 0. The van der Waals surface area contributed by atoms with Gasteiger partial charge in [-0.2, -0.15) is 0 Å². The van der Waals surface area contributed by atoms with Crippen molar-refractivity contribution in [2.24, 2.45) is 0 Å². The highest BCUT2D eigenvalue weighted by molar-refractivity contribution is 5.85. The monoisotopic (exact) mass is 243 g/mol. The van der Waals surface area contributed by atoms with Gasteiger partial charge in [-0.1, -0.05) is 37.3 Å². The summed E-state index contributed by atoms with van der Waals surface area (Å²) in [5.41, 5.74) is 1.34. The molecule has 3 heteroatoms. The molecule has 0 aliphatic rings. The molecule has 0 bridgehead atoms. The van der Waals surface area contributed by atoms with Gasteiger partial charge < -0.3 is 10.1 Å². The van der Waals surface area contributed by atoms with Crippen LogP contribution in [0.3, 0.4) is 0 Å². The van der Waals surface area contributed by atoms with Crippen molar-refractivity contribution < 1.29 is 4.74 Å². The van der Waals surface area contributed by atoms with E-state index in [0.29, 0.717) is 6.04 Å². The molecule has 1 atom stereocenters. The lowest BCUT2D eigenvalue weighted by molar-refractivity contribution is 0.181. The summed E-state index contributed by atoms with van der Waals surface area (Å²) in [6.07, 6.45) is 2.23. The molecule has 0 spiro atoms. The fourth-order valence-corrected chi connectivity index (χ4v) is 1.57. The molecule has 2 nitrogen and oxygen atoms in total. The normalized spacial score (nSPS) is 11.9. The third-order valence-corrected chi connectivity index (χ3v) is 2.60. The standard InChI is InChI=1S/C13H21NO.ClH/c1-3-13(9-10-15-2)14-11-12-7-5-4-6-8-12;/h4-8,13-14H,3,9-11H2,1-2H3;1H. The molecule has 1 rings (SSSR count). The van der Waals surface area contributed by atoms with Crippen LogP contribution >= 0.6 is 12.4 Å². The van der Waals surface area contributed by atoms with Crippen molar-refractivity contribution in [3.63, 3.8) is 0 Å². The lowest BCUT2D eigenvalue weighted by atomic mass is 10.1. The first-order valence-electron chi connectivity index (χ1n) is 5.63. The van der Waals surface area contributed by atoms with Crippen LogP contribution in [0.15, 0.2) is 30.3 Å². The highest BCUT2D eigenvalue weighted by Crippen LogP contribution is 2.02. The van der Waals surface area contributed by atoms with E-state index < -0.39 is 0 Å². The minimum absolute atomic E-state index is 0. The predicted molar refractivity (Wildman–Crippen MR) is 71.1 cm³/mol. The minimum Gasteiger partial charge on any atom is -0.385 e. The number of hydrogen-bond donors (Lipinski definition) is 1. The first-order chi connectivity index (χ1) is 7.36. The molecule has 16 heavy (non-hydrogen) atoms. The fraction of sp³-hybridized carbons (Fsp3) is 0.538. The van der Waals surface area contributed by atoms with E-state index in [4.69, 9.17) is 4.74 Å². The van der Waals surface area contributed by atoms with E-state index in [1.807, 2.05) is 6.07 Å². The minimum atomic E-state index is 0. The Morgan fingerprint density at radius 1 is 1.25 bits per heavy atom. The molecule has 0 saturated heterocycles. The van der Waals surface area contributed by atoms with Crippen LogP contribution in [0.5, 0.6) is 0 Å². The third-order valence-electron chi connectivity index (χ3n) is 2.60. The Hall–Kier alpha value is -0.570. The molecule has 1 unspecified atom stereocenters. The van der Waals surface area contributed by atoms with Crippen molar-refractivity contribution >= 4 is 12.4 Å². The Morgan fingerprint density at radius 3 is 2.50 bits per heavy atom. The Labute approximate surface area is 105 Å². The van der Waals surface area contributed by atoms with Crippen LogP contribution in [-0.4, -0.2) is 19.8 Å². The molecule has 0 amide bonds. The van der Waals surface area contributed by atoms with Gasteiger partial charge in [-0.3, -0.25) is 0 Å². The second kappa shape index (κ2) is 9.64. The average Bonchev–Trinajstić information content (AvgIpc) is 2.31. The van der Waals surface area contributed by atoms with Gasteiger partial charge in [-0.15, -0.1) is 12.4 Å². The van der Waals surface area contributed by atoms with Gasteiger partial charge in [-0.05, 0) is 18.4 Å². The smallest absolute Gasteiger partial charge is 0.0477 e. The second-order valence-corrected chi connectivity index (χ2v) is 3.75. The molecule has 0 aliphatic heterocycles. The van der Waals surface area contributed by atoms with Crippen molar-refractivity contribution in [2.75, 3.05) is 13.7 Å². The Kier molecular flexibility index (Phi) is 9.30. The van der Waals surface area contributed by atoms with E-state index >= 15 is 0 Å². The van der Waals surface area contributed by atoms with Gasteiger partial charge in [0, 0.05) is 26.3 Å².